The van der Waals surface area contributed by atoms with Crippen LogP contribution in [0.2, 0.25) is 0 Å². The quantitative estimate of drug-likeness (QED) is 0.718. The molecular formula is C15H20FNO4. The number of benzene rings is 1. The van der Waals surface area contributed by atoms with Gasteiger partial charge in [0.05, 0.1) is 13.0 Å². The number of methoxy groups -OCH3 is 2. The molecule has 0 heterocycles. The smallest absolute Gasteiger partial charge is 0.310 e. The van der Waals surface area contributed by atoms with E-state index in [0.717, 1.165) is 5.56 Å². The number of esters is 1. The van der Waals surface area contributed by atoms with Gasteiger partial charge in [0.2, 0.25) is 5.91 Å². The SMILES string of the molecule is COCC(=O)N(Cc1ccc(F)cc1)CC(C)C(=O)OC. The molecule has 21 heavy (non-hydrogen) atoms. The van der Waals surface area contributed by atoms with Crippen molar-refractivity contribution in [2.75, 3.05) is 27.4 Å². The van der Waals surface area contributed by atoms with E-state index in [-0.39, 0.29) is 37.4 Å². The molecule has 0 aromatic heterocycles. The van der Waals surface area contributed by atoms with Gasteiger partial charge in [-0.15, -0.1) is 0 Å². The lowest BCUT2D eigenvalue weighted by Crippen LogP contribution is -2.38. The molecule has 0 radical (unpaired) electrons. The van der Waals surface area contributed by atoms with Crippen LogP contribution in [0.5, 0.6) is 0 Å². The van der Waals surface area contributed by atoms with Crippen molar-refractivity contribution in [1.29, 1.82) is 0 Å². The Bertz CT molecular complexity index is 475. The van der Waals surface area contributed by atoms with Gasteiger partial charge in [-0.1, -0.05) is 19.1 Å². The van der Waals surface area contributed by atoms with Crippen LogP contribution in [-0.4, -0.2) is 44.1 Å². The van der Waals surface area contributed by atoms with Crippen LogP contribution in [0.3, 0.4) is 0 Å². The summed E-state index contributed by atoms with van der Waals surface area (Å²) in [5, 5.41) is 0. The highest BCUT2D eigenvalue weighted by atomic mass is 19.1. The van der Waals surface area contributed by atoms with Gasteiger partial charge in [0, 0.05) is 20.2 Å². The lowest BCUT2D eigenvalue weighted by molar-refractivity contribution is -0.147. The summed E-state index contributed by atoms with van der Waals surface area (Å²) in [6.45, 7) is 2.11. The first-order chi connectivity index (χ1) is 9.97. The Kier molecular flexibility index (Phi) is 6.81. The van der Waals surface area contributed by atoms with E-state index in [9.17, 15) is 14.0 Å². The Labute approximate surface area is 123 Å². The number of carbonyl (C=O) groups is 2. The van der Waals surface area contributed by atoms with Gasteiger partial charge in [0.25, 0.3) is 0 Å². The molecule has 1 rings (SSSR count). The molecule has 1 amide bonds. The van der Waals surface area contributed by atoms with Gasteiger partial charge in [0.15, 0.2) is 0 Å². The van der Waals surface area contributed by atoms with Crippen LogP contribution in [-0.2, 0) is 25.6 Å². The zero-order chi connectivity index (χ0) is 15.8. The average molecular weight is 297 g/mol. The van der Waals surface area contributed by atoms with Crippen LogP contribution < -0.4 is 0 Å². The fourth-order valence-corrected chi connectivity index (χ4v) is 1.89. The third-order valence-electron chi connectivity index (χ3n) is 3.01. The van der Waals surface area contributed by atoms with E-state index in [4.69, 9.17) is 4.74 Å². The third-order valence-corrected chi connectivity index (χ3v) is 3.01. The maximum Gasteiger partial charge on any atom is 0.310 e. The maximum atomic E-state index is 12.9. The topological polar surface area (TPSA) is 55.8 Å². The molecule has 6 heteroatoms. The Balaban J connectivity index is 2.79. The molecule has 116 valence electrons. The molecule has 1 aromatic rings. The van der Waals surface area contributed by atoms with Crippen LogP contribution in [0.1, 0.15) is 12.5 Å². The number of nitrogens with zero attached hydrogens (tertiary/aromatic N) is 1. The minimum absolute atomic E-state index is 0.0743. The number of hydrogen-bond acceptors (Lipinski definition) is 4. The summed E-state index contributed by atoms with van der Waals surface area (Å²) in [5.74, 6) is -1.41. The molecular weight excluding hydrogens is 277 g/mol. The number of hydrogen-bond donors (Lipinski definition) is 0. The van der Waals surface area contributed by atoms with Gasteiger partial charge in [-0.25, -0.2) is 4.39 Å². The molecule has 1 atom stereocenters. The molecule has 0 saturated heterocycles. The van der Waals surface area contributed by atoms with Gasteiger partial charge in [-0.05, 0) is 17.7 Å². The van der Waals surface area contributed by atoms with Crippen LogP contribution in [0.4, 0.5) is 4.39 Å². The summed E-state index contributed by atoms with van der Waals surface area (Å²) < 4.78 is 22.4. The van der Waals surface area contributed by atoms with Crippen molar-refractivity contribution in [2.24, 2.45) is 5.92 Å². The minimum atomic E-state index is -0.448. The van der Waals surface area contributed by atoms with Crippen molar-refractivity contribution >= 4 is 11.9 Å². The molecule has 1 unspecified atom stereocenters. The second-order valence-corrected chi connectivity index (χ2v) is 4.76. The largest absolute Gasteiger partial charge is 0.469 e. The Hall–Kier alpha value is -1.95. The molecule has 0 N–H and O–H groups in total. The van der Waals surface area contributed by atoms with Crippen LogP contribution in [0.15, 0.2) is 24.3 Å². The Morgan fingerprint density at radius 3 is 2.38 bits per heavy atom. The van der Waals surface area contributed by atoms with Crippen LogP contribution >= 0.6 is 0 Å². The highest BCUT2D eigenvalue weighted by Crippen LogP contribution is 2.10. The highest BCUT2D eigenvalue weighted by molar-refractivity contribution is 5.79. The first-order valence-electron chi connectivity index (χ1n) is 6.57. The maximum absolute atomic E-state index is 12.9. The van der Waals surface area contributed by atoms with E-state index >= 15 is 0 Å². The average Bonchev–Trinajstić information content (AvgIpc) is 2.48. The normalized spacial score (nSPS) is 11.8. The molecule has 0 bridgehead atoms. The molecule has 0 spiro atoms. The first-order valence-corrected chi connectivity index (χ1v) is 6.57. The number of amides is 1. The van der Waals surface area contributed by atoms with Crippen LogP contribution in [0, 0.1) is 11.7 Å². The van der Waals surface area contributed by atoms with E-state index in [1.165, 1.54) is 31.3 Å². The summed E-state index contributed by atoms with van der Waals surface area (Å²) in [7, 11) is 2.73. The van der Waals surface area contributed by atoms with E-state index < -0.39 is 5.92 Å². The summed E-state index contributed by atoms with van der Waals surface area (Å²) >= 11 is 0. The monoisotopic (exact) mass is 297 g/mol. The fourth-order valence-electron chi connectivity index (χ4n) is 1.89. The summed E-state index contributed by atoms with van der Waals surface area (Å²) in [4.78, 5) is 25.0. The van der Waals surface area contributed by atoms with E-state index in [1.807, 2.05) is 0 Å². The number of ether oxygens (including phenoxy) is 2. The lowest BCUT2D eigenvalue weighted by Gasteiger charge is -2.25. The molecule has 0 aliphatic rings. The van der Waals surface area contributed by atoms with Crippen molar-refractivity contribution < 1.29 is 23.5 Å². The van der Waals surface area contributed by atoms with Gasteiger partial charge in [-0.2, -0.15) is 0 Å². The van der Waals surface area contributed by atoms with Gasteiger partial charge in [-0.3, -0.25) is 9.59 Å². The lowest BCUT2D eigenvalue weighted by atomic mass is 10.1. The van der Waals surface area contributed by atoms with Crippen molar-refractivity contribution in [3.8, 4) is 0 Å². The zero-order valence-corrected chi connectivity index (χ0v) is 12.5. The molecule has 1 aromatic carbocycles. The van der Waals surface area contributed by atoms with Gasteiger partial charge >= 0.3 is 5.97 Å². The standard InChI is InChI=1S/C15H20FNO4/c1-11(15(19)21-3)8-17(14(18)10-20-2)9-12-4-6-13(16)7-5-12/h4-7,11H,8-10H2,1-3H3. The second kappa shape index (κ2) is 8.36. The number of halogens is 1. The predicted molar refractivity (Wildman–Crippen MR) is 74.9 cm³/mol. The van der Waals surface area contributed by atoms with Crippen molar-refractivity contribution in [3.05, 3.63) is 35.6 Å². The fraction of sp³-hybridized carbons (Fsp3) is 0.467. The zero-order valence-electron chi connectivity index (χ0n) is 12.5. The third kappa shape index (κ3) is 5.51. The minimum Gasteiger partial charge on any atom is -0.469 e. The molecule has 0 aliphatic heterocycles. The predicted octanol–water partition coefficient (Wildman–Crippen LogP) is 1.61. The summed E-state index contributed by atoms with van der Waals surface area (Å²) in [5.41, 5.74) is 0.776. The summed E-state index contributed by atoms with van der Waals surface area (Å²) in [6, 6.07) is 5.87. The molecule has 0 saturated carbocycles. The van der Waals surface area contributed by atoms with Crippen molar-refractivity contribution in [2.45, 2.75) is 13.5 Å². The van der Waals surface area contributed by atoms with Crippen molar-refractivity contribution in [3.63, 3.8) is 0 Å². The van der Waals surface area contributed by atoms with Crippen LogP contribution in [0.25, 0.3) is 0 Å². The van der Waals surface area contributed by atoms with E-state index in [0.29, 0.717) is 0 Å². The Morgan fingerprint density at radius 2 is 1.86 bits per heavy atom. The summed E-state index contributed by atoms with van der Waals surface area (Å²) in [6.07, 6.45) is 0. The molecule has 0 fully saturated rings. The Morgan fingerprint density at radius 1 is 1.24 bits per heavy atom. The van der Waals surface area contributed by atoms with E-state index in [2.05, 4.69) is 4.74 Å². The molecule has 0 aliphatic carbocycles. The van der Waals surface area contributed by atoms with Gasteiger partial charge in [0.1, 0.15) is 12.4 Å². The van der Waals surface area contributed by atoms with Gasteiger partial charge < -0.3 is 14.4 Å². The molecule has 5 nitrogen and oxygen atoms in total. The van der Waals surface area contributed by atoms with Crippen molar-refractivity contribution in [1.82, 2.24) is 4.90 Å². The second-order valence-electron chi connectivity index (χ2n) is 4.76. The highest BCUT2D eigenvalue weighted by Gasteiger charge is 2.21. The number of carbonyl (C=O) groups excluding carboxylic acids is 2. The van der Waals surface area contributed by atoms with E-state index in [1.54, 1.807) is 19.1 Å². The first kappa shape index (κ1) is 17.1. The number of rotatable bonds is 7.